The number of hydrogen-bond acceptors (Lipinski definition) is 2. The van der Waals surface area contributed by atoms with Gasteiger partial charge in [-0.15, -0.1) is 0 Å². The van der Waals surface area contributed by atoms with Crippen LogP contribution in [-0.4, -0.2) is 23.1 Å². The van der Waals surface area contributed by atoms with E-state index in [0.29, 0.717) is 37.3 Å². The van der Waals surface area contributed by atoms with Crippen LogP contribution in [-0.2, 0) is 11.3 Å². The number of carboxylic acid groups (broad SMARTS) is 1. The molecule has 1 aromatic rings. The van der Waals surface area contributed by atoms with E-state index in [4.69, 9.17) is 16.7 Å². The zero-order chi connectivity index (χ0) is 15.2. The van der Waals surface area contributed by atoms with E-state index in [-0.39, 0.29) is 18.0 Å². The zero-order valence-corrected chi connectivity index (χ0v) is 12.4. The Balaban J connectivity index is 1.72. The van der Waals surface area contributed by atoms with Crippen LogP contribution in [0.25, 0.3) is 0 Å². The molecule has 1 aromatic carbocycles. The highest BCUT2D eigenvalue weighted by Crippen LogP contribution is 2.24. The number of carbonyl (C=O) groups excluding carboxylic acids is 1. The molecule has 1 saturated carbocycles. The van der Waals surface area contributed by atoms with E-state index in [2.05, 4.69) is 10.6 Å². The average Bonchev–Trinajstić information content (AvgIpc) is 2.46. The number of carboxylic acids is 1. The SMILES string of the molecule is O=C(NCc1cccc(Cl)c1)NC1CCC(C(=O)O)CC1. The third-order valence-electron chi connectivity index (χ3n) is 3.75. The lowest BCUT2D eigenvalue weighted by Crippen LogP contribution is -2.43. The van der Waals surface area contributed by atoms with Gasteiger partial charge in [0.2, 0.25) is 0 Å². The van der Waals surface area contributed by atoms with Crippen molar-refractivity contribution >= 4 is 23.6 Å². The molecule has 0 radical (unpaired) electrons. The number of hydrogen-bond donors (Lipinski definition) is 3. The number of aliphatic carboxylic acids is 1. The molecular weight excluding hydrogens is 292 g/mol. The number of halogens is 1. The highest BCUT2D eigenvalue weighted by molar-refractivity contribution is 6.30. The molecule has 1 aliphatic carbocycles. The van der Waals surface area contributed by atoms with Gasteiger partial charge in [-0.05, 0) is 43.4 Å². The summed E-state index contributed by atoms with van der Waals surface area (Å²) in [6.07, 6.45) is 2.66. The van der Waals surface area contributed by atoms with Crippen molar-refractivity contribution in [2.24, 2.45) is 5.92 Å². The molecule has 0 spiro atoms. The van der Waals surface area contributed by atoms with Crippen molar-refractivity contribution in [2.75, 3.05) is 0 Å². The van der Waals surface area contributed by atoms with Crippen molar-refractivity contribution in [1.82, 2.24) is 10.6 Å². The molecule has 0 bridgehead atoms. The van der Waals surface area contributed by atoms with Crippen molar-refractivity contribution in [3.05, 3.63) is 34.9 Å². The van der Waals surface area contributed by atoms with Crippen molar-refractivity contribution in [2.45, 2.75) is 38.3 Å². The fraction of sp³-hybridized carbons (Fsp3) is 0.467. The summed E-state index contributed by atoms with van der Waals surface area (Å²) in [5.74, 6) is -1.00. The van der Waals surface area contributed by atoms with Crippen LogP contribution >= 0.6 is 11.6 Å². The first-order chi connectivity index (χ1) is 10.0. The van der Waals surface area contributed by atoms with Gasteiger partial charge in [-0.1, -0.05) is 23.7 Å². The standard InChI is InChI=1S/C15H19ClN2O3/c16-12-3-1-2-10(8-12)9-17-15(21)18-13-6-4-11(5-7-13)14(19)20/h1-3,8,11,13H,4-7,9H2,(H,19,20)(H2,17,18,21). The van der Waals surface area contributed by atoms with Crippen LogP contribution in [0.3, 0.4) is 0 Å². The minimum Gasteiger partial charge on any atom is -0.481 e. The van der Waals surface area contributed by atoms with Crippen molar-refractivity contribution in [3.8, 4) is 0 Å². The molecular formula is C15H19ClN2O3. The fourth-order valence-corrected chi connectivity index (χ4v) is 2.76. The Labute approximate surface area is 128 Å². The van der Waals surface area contributed by atoms with Gasteiger partial charge in [0, 0.05) is 17.6 Å². The lowest BCUT2D eigenvalue weighted by molar-refractivity contribution is -0.142. The number of benzene rings is 1. The molecule has 0 atom stereocenters. The molecule has 0 aliphatic heterocycles. The van der Waals surface area contributed by atoms with Gasteiger partial charge >= 0.3 is 12.0 Å². The Hall–Kier alpha value is -1.75. The highest BCUT2D eigenvalue weighted by atomic mass is 35.5. The molecule has 21 heavy (non-hydrogen) atoms. The van der Waals surface area contributed by atoms with Gasteiger partial charge in [-0.25, -0.2) is 4.79 Å². The molecule has 1 fully saturated rings. The third kappa shape index (κ3) is 4.93. The van der Waals surface area contributed by atoms with E-state index in [9.17, 15) is 9.59 Å². The molecule has 0 aromatic heterocycles. The van der Waals surface area contributed by atoms with Gasteiger partial charge in [-0.2, -0.15) is 0 Å². The summed E-state index contributed by atoms with van der Waals surface area (Å²) in [5, 5.41) is 15.2. The Morgan fingerprint density at radius 1 is 1.24 bits per heavy atom. The molecule has 0 unspecified atom stereocenters. The summed E-state index contributed by atoms with van der Waals surface area (Å²) < 4.78 is 0. The van der Waals surface area contributed by atoms with Crippen molar-refractivity contribution < 1.29 is 14.7 Å². The Morgan fingerprint density at radius 3 is 2.57 bits per heavy atom. The van der Waals surface area contributed by atoms with Crippen LogP contribution in [0.4, 0.5) is 4.79 Å². The molecule has 0 saturated heterocycles. The second-order valence-corrected chi connectivity index (χ2v) is 5.78. The van der Waals surface area contributed by atoms with Crippen LogP contribution in [0.2, 0.25) is 5.02 Å². The molecule has 5 nitrogen and oxygen atoms in total. The Bertz CT molecular complexity index is 513. The van der Waals surface area contributed by atoms with E-state index in [0.717, 1.165) is 5.56 Å². The normalized spacial score (nSPS) is 21.6. The molecule has 2 rings (SSSR count). The summed E-state index contributed by atoms with van der Waals surface area (Å²) in [6, 6.07) is 7.15. The monoisotopic (exact) mass is 310 g/mol. The van der Waals surface area contributed by atoms with E-state index in [1.54, 1.807) is 12.1 Å². The first kappa shape index (κ1) is 15.6. The maximum Gasteiger partial charge on any atom is 0.315 e. The predicted molar refractivity (Wildman–Crippen MR) is 80.2 cm³/mol. The van der Waals surface area contributed by atoms with Gasteiger partial charge < -0.3 is 15.7 Å². The zero-order valence-electron chi connectivity index (χ0n) is 11.6. The minimum atomic E-state index is -0.737. The smallest absolute Gasteiger partial charge is 0.315 e. The summed E-state index contributed by atoms with van der Waals surface area (Å²) in [7, 11) is 0. The highest BCUT2D eigenvalue weighted by Gasteiger charge is 2.26. The number of urea groups is 1. The van der Waals surface area contributed by atoms with E-state index >= 15 is 0 Å². The molecule has 3 N–H and O–H groups in total. The Morgan fingerprint density at radius 2 is 1.95 bits per heavy atom. The van der Waals surface area contributed by atoms with Gasteiger partial charge in [0.1, 0.15) is 0 Å². The average molecular weight is 311 g/mol. The summed E-state index contributed by atoms with van der Waals surface area (Å²) in [5.41, 5.74) is 0.937. The van der Waals surface area contributed by atoms with E-state index in [1.165, 1.54) is 0 Å². The quantitative estimate of drug-likeness (QED) is 0.800. The van der Waals surface area contributed by atoms with Crippen molar-refractivity contribution in [3.63, 3.8) is 0 Å². The molecule has 114 valence electrons. The first-order valence-electron chi connectivity index (χ1n) is 7.06. The number of nitrogens with one attached hydrogen (secondary N) is 2. The summed E-state index contributed by atoms with van der Waals surface area (Å²) >= 11 is 5.88. The van der Waals surface area contributed by atoms with Crippen LogP contribution in [0.15, 0.2) is 24.3 Å². The molecule has 2 amide bonds. The maximum atomic E-state index is 11.8. The second-order valence-electron chi connectivity index (χ2n) is 5.34. The van der Waals surface area contributed by atoms with Gasteiger partial charge in [-0.3, -0.25) is 4.79 Å². The van der Waals surface area contributed by atoms with E-state index < -0.39 is 5.97 Å². The predicted octanol–water partition coefficient (Wildman–Crippen LogP) is 2.78. The summed E-state index contributed by atoms with van der Waals surface area (Å²) in [6.45, 7) is 0.414. The van der Waals surface area contributed by atoms with E-state index in [1.807, 2.05) is 12.1 Å². The fourth-order valence-electron chi connectivity index (χ4n) is 2.55. The largest absolute Gasteiger partial charge is 0.481 e. The van der Waals surface area contributed by atoms with Gasteiger partial charge in [0.15, 0.2) is 0 Å². The number of carbonyl (C=O) groups is 2. The topological polar surface area (TPSA) is 78.4 Å². The number of rotatable bonds is 4. The van der Waals surface area contributed by atoms with Gasteiger partial charge in [0.25, 0.3) is 0 Å². The van der Waals surface area contributed by atoms with Crippen LogP contribution in [0, 0.1) is 5.92 Å². The first-order valence-corrected chi connectivity index (χ1v) is 7.44. The lowest BCUT2D eigenvalue weighted by Gasteiger charge is -2.26. The lowest BCUT2D eigenvalue weighted by atomic mass is 9.86. The molecule has 0 heterocycles. The minimum absolute atomic E-state index is 0.0555. The second kappa shape index (κ2) is 7.31. The van der Waals surface area contributed by atoms with Crippen LogP contribution < -0.4 is 10.6 Å². The number of amides is 2. The molecule has 6 heteroatoms. The van der Waals surface area contributed by atoms with Crippen LogP contribution in [0.1, 0.15) is 31.2 Å². The van der Waals surface area contributed by atoms with Crippen LogP contribution in [0.5, 0.6) is 0 Å². The van der Waals surface area contributed by atoms with Crippen molar-refractivity contribution in [1.29, 1.82) is 0 Å². The third-order valence-corrected chi connectivity index (χ3v) is 3.99. The maximum absolute atomic E-state index is 11.8. The summed E-state index contributed by atoms with van der Waals surface area (Å²) in [4.78, 5) is 22.7. The van der Waals surface area contributed by atoms with Gasteiger partial charge in [0.05, 0.1) is 5.92 Å². The Kier molecular flexibility index (Phi) is 5.44. The molecule has 1 aliphatic rings.